The third kappa shape index (κ3) is 4.08. The normalized spacial score (nSPS) is 38.9. The van der Waals surface area contributed by atoms with E-state index in [0.29, 0.717) is 19.4 Å². The first-order chi connectivity index (χ1) is 12.6. The Morgan fingerprint density at radius 2 is 1.81 bits per heavy atom. The van der Waals surface area contributed by atoms with Gasteiger partial charge in [0.1, 0.15) is 0 Å². The molecule has 0 aromatic heterocycles. The fourth-order valence-corrected chi connectivity index (χ4v) is 5.77. The van der Waals surface area contributed by atoms with Crippen LogP contribution < -0.4 is 10.6 Å². The highest BCUT2D eigenvalue weighted by Crippen LogP contribution is 2.54. The van der Waals surface area contributed by atoms with Crippen molar-refractivity contribution >= 4 is 11.8 Å². The Labute approximate surface area is 157 Å². The highest BCUT2D eigenvalue weighted by Gasteiger charge is 2.47. The van der Waals surface area contributed by atoms with Crippen LogP contribution in [0.15, 0.2) is 0 Å². The predicted molar refractivity (Wildman–Crippen MR) is 101 cm³/mol. The molecule has 2 aliphatic carbocycles. The monoisotopic (exact) mass is 361 g/mol. The number of nitrogens with zero attached hydrogens (tertiary/aromatic N) is 1. The van der Waals surface area contributed by atoms with Crippen LogP contribution in [-0.2, 0) is 9.59 Å². The molecular formula is C21H35N3O2. The smallest absolute Gasteiger partial charge is 0.226 e. The van der Waals surface area contributed by atoms with Crippen LogP contribution in [0.25, 0.3) is 0 Å². The largest absolute Gasteiger partial charge is 0.345 e. The number of piperidine rings is 2. The Balaban J connectivity index is 1.18. The minimum atomic E-state index is -0.0451. The predicted octanol–water partition coefficient (Wildman–Crippen LogP) is 2.51. The van der Waals surface area contributed by atoms with Gasteiger partial charge in [0.05, 0.1) is 12.1 Å². The van der Waals surface area contributed by atoms with E-state index in [1.54, 1.807) is 11.9 Å². The molecule has 2 saturated heterocycles. The second-order valence-corrected chi connectivity index (χ2v) is 9.28. The van der Waals surface area contributed by atoms with Crippen LogP contribution in [0.4, 0.5) is 0 Å². The maximum Gasteiger partial charge on any atom is 0.226 e. The van der Waals surface area contributed by atoms with E-state index >= 15 is 0 Å². The van der Waals surface area contributed by atoms with Gasteiger partial charge in [0.15, 0.2) is 0 Å². The second-order valence-electron chi connectivity index (χ2n) is 9.28. The van der Waals surface area contributed by atoms with E-state index in [0.717, 1.165) is 36.6 Å². The molecule has 5 atom stereocenters. The third-order valence-electron chi connectivity index (χ3n) is 7.52. The van der Waals surface area contributed by atoms with E-state index in [9.17, 15) is 9.59 Å². The second kappa shape index (κ2) is 7.87. The van der Waals surface area contributed by atoms with Crippen LogP contribution in [0, 0.1) is 29.6 Å². The zero-order chi connectivity index (χ0) is 18.1. The van der Waals surface area contributed by atoms with Gasteiger partial charge < -0.3 is 10.2 Å². The fourth-order valence-electron chi connectivity index (χ4n) is 5.77. The first kappa shape index (κ1) is 18.3. The number of amides is 2. The van der Waals surface area contributed by atoms with E-state index in [-0.39, 0.29) is 23.9 Å². The van der Waals surface area contributed by atoms with E-state index < -0.39 is 0 Å². The molecule has 0 bridgehead atoms. The zero-order valence-corrected chi connectivity index (χ0v) is 16.2. The van der Waals surface area contributed by atoms with Crippen LogP contribution in [0.3, 0.4) is 0 Å². The van der Waals surface area contributed by atoms with Crippen molar-refractivity contribution in [2.45, 2.75) is 70.4 Å². The summed E-state index contributed by atoms with van der Waals surface area (Å²) < 4.78 is 0. The van der Waals surface area contributed by atoms with Crippen molar-refractivity contribution in [3.63, 3.8) is 0 Å². The van der Waals surface area contributed by atoms with Crippen LogP contribution in [0.1, 0.15) is 64.2 Å². The highest BCUT2D eigenvalue weighted by atomic mass is 16.2. The molecule has 2 aliphatic heterocycles. The van der Waals surface area contributed by atoms with Gasteiger partial charge >= 0.3 is 0 Å². The van der Waals surface area contributed by atoms with Gasteiger partial charge in [-0.3, -0.25) is 14.9 Å². The van der Waals surface area contributed by atoms with Crippen LogP contribution in [0.2, 0.25) is 0 Å². The van der Waals surface area contributed by atoms with Crippen molar-refractivity contribution in [3.8, 4) is 0 Å². The number of likely N-dealkylation sites (tertiary alicyclic amines) is 1. The fraction of sp³-hybridized carbons (Fsp3) is 0.905. The Kier molecular flexibility index (Phi) is 5.53. The summed E-state index contributed by atoms with van der Waals surface area (Å²) in [7, 11) is 1.80. The average Bonchev–Trinajstić information content (AvgIpc) is 3.46. The van der Waals surface area contributed by atoms with E-state index in [1.807, 2.05) is 0 Å². The van der Waals surface area contributed by atoms with Gasteiger partial charge in [-0.25, -0.2) is 0 Å². The topological polar surface area (TPSA) is 61.4 Å². The molecule has 4 aliphatic rings. The summed E-state index contributed by atoms with van der Waals surface area (Å²) in [5.41, 5.74) is 0. The summed E-state index contributed by atoms with van der Waals surface area (Å²) in [5, 5.41) is 6.78. The molecule has 2 N–H and O–H groups in total. The van der Waals surface area contributed by atoms with Gasteiger partial charge in [0.25, 0.3) is 0 Å². The molecule has 2 saturated carbocycles. The molecule has 0 aromatic rings. The van der Waals surface area contributed by atoms with Crippen molar-refractivity contribution in [2.24, 2.45) is 29.6 Å². The van der Waals surface area contributed by atoms with E-state index in [2.05, 4.69) is 10.6 Å². The van der Waals surface area contributed by atoms with Gasteiger partial charge in [0.2, 0.25) is 11.8 Å². The van der Waals surface area contributed by atoms with Crippen molar-refractivity contribution < 1.29 is 9.59 Å². The van der Waals surface area contributed by atoms with Gasteiger partial charge in [-0.15, -0.1) is 0 Å². The Morgan fingerprint density at radius 1 is 1.04 bits per heavy atom. The summed E-state index contributed by atoms with van der Waals surface area (Å²) in [5.74, 6) is 4.00. The molecule has 0 radical (unpaired) electrons. The molecule has 26 heavy (non-hydrogen) atoms. The maximum atomic E-state index is 12.5. The van der Waals surface area contributed by atoms with E-state index in [1.165, 1.54) is 44.9 Å². The lowest BCUT2D eigenvalue weighted by molar-refractivity contribution is -0.137. The number of carbonyl (C=O) groups excluding carboxylic acids is 2. The number of hydrogen-bond donors (Lipinski definition) is 2. The number of nitrogens with one attached hydrogen (secondary N) is 2. The standard InChI is InChI=1S/C21H35N3O2/c1-24-13-16(8-10-20(24)25)21(26)23-19-9-7-15(12-22-19)18-11-17(18)14-5-3-2-4-6-14/h14-19,22H,2-13H2,1H3,(H,23,26). The number of hydrogen-bond acceptors (Lipinski definition) is 3. The van der Waals surface area contributed by atoms with Crippen LogP contribution >= 0.6 is 0 Å². The third-order valence-corrected chi connectivity index (χ3v) is 7.52. The van der Waals surface area contributed by atoms with Gasteiger partial charge in [-0.2, -0.15) is 0 Å². The molecule has 0 aromatic carbocycles. The molecule has 0 spiro atoms. The summed E-state index contributed by atoms with van der Waals surface area (Å²) in [6, 6.07) is 0. The molecule has 5 heteroatoms. The summed E-state index contributed by atoms with van der Waals surface area (Å²) in [6.07, 6.45) is 12.3. The summed E-state index contributed by atoms with van der Waals surface area (Å²) in [6.45, 7) is 1.62. The van der Waals surface area contributed by atoms with Gasteiger partial charge in [-0.05, 0) is 49.4 Å². The zero-order valence-electron chi connectivity index (χ0n) is 16.2. The number of rotatable bonds is 4. The van der Waals surface area contributed by atoms with Crippen molar-refractivity contribution in [1.29, 1.82) is 0 Å². The maximum absolute atomic E-state index is 12.5. The molecule has 146 valence electrons. The SMILES string of the molecule is CN1CC(C(=O)NC2CCC(C3CC3C3CCCCC3)CN2)CCC1=O. The Morgan fingerprint density at radius 3 is 2.50 bits per heavy atom. The molecule has 2 heterocycles. The first-order valence-electron chi connectivity index (χ1n) is 10.9. The minimum absolute atomic E-state index is 0.0451. The molecular weight excluding hydrogens is 326 g/mol. The molecule has 4 rings (SSSR count). The lowest BCUT2D eigenvalue weighted by Crippen LogP contribution is -2.53. The molecule has 5 unspecified atom stereocenters. The highest BCUT2D eigenvalue weighted by molar-refractivity contribution is 5.83. The van der Waals surface area contributed by atoms with Crippen molar-refractivity contribution in [1.82, 2.24) is 15.5 Å². The van der Waals surface area contributed by atoms with E-state index in [4.69, 9.17) is 0 Å². The first-order valence-corrected chi connectivity index (χ1v) is 10.9. The van der Waals surface area contributed by atoms with Crippen LogP contribution in [-0.4, -0.2) is 43.0 Å². The molecule has 4 fully saturated rings. The van der Waals surface area contributed by atoms with Gasteiger partial charge in [0, 0.05) is 26.6 Å². The Hall–Kier alpha value is -1.10. The van der Waals surface area contributed by atoms with Gasteiger partial charge in [-0.1, -0.05) is 32.1 Å². The lowest BCUT2D eigenvalue weighted by Gasteiger charge is -2.34. The average molecular weight is 362 g/mol. The number of carbonyl (C=O) groups is 2. The molecule has 5 nitrogen and oxygen atoms in total. The summed E-state index contributed by atoms with van der Waals surface area (Å²) in [4.78, 5) is 25.8. The van der Waals surface area contributed by atoms with Crippen LogP contribution in [0.5, 0.6) is 0 Å². The summed E-state index contributed by atoms with van der Waals surface area (Å²) >= 11 is 0. The minimum Gasteiger partial charge on any atom is -0.345 e. The Bertz CT molecular complexity index is 523. The quantitative estimate of drug-likeness (QED) is 0.809. The lowest BCUT2D eigenvalue weighted by atomic mass is 9.82. The van der Waals surface area contributed by atoms with Crippen molar-refractivity contribution in [2.75, 3.05) is 20.1 Å². The van der Waals surface area contributed by atoms with Crippen molar-refractivity contribution in [3.05, 3.63) is 0 Å². The molecule has 2 amide bonds.